The molecule has 3 aromatic heterocycles. The summed E-state index contributed by atoms with van der Waals surface area (Å²) in [7, 11) is 0. The molecule has 0 saturated carbocycles. The molecule has 2 N–H and O–H groups in total. The van der Waals surface area contributed by atoms with E-state index in [-0.39, 0.29) is 25.8 Å². The van der Waals surface area contributed by atoms with Gasteiger partial charge in [0.2, 0.25) is 0 Å². The third-order valence-corrected chi connectivity index (χ3v) is 8.91. The normalized spacial score (nSPS) is 13.3. The van der Waals surface area contributed by atoms with Gasteiger partial charge in [-0.05, 0) is 109 Å². The van der Waals surface area contributed by atoms with Gasteiger partial charge in [0.15, 0.2) is 0 Å². The smallest absolute Gasteiger partial charge is 0.0726 e. The van der Waals surface area contributed by atoms with E-state index in [0.29, 0.717) is 0 Å². The fourth-order valence-corrected chi connectivity index (χ4v) is 7.07. The number of allylic oxidation sites excluding steroid dienone is 4. The van der Waals surface area contributed by atoms with Crippen LogP contribution in [-0.4, -0.2) is 45.8 Å². The molecule has 5 heteroatoms. The molecule has 0 saturated heterocycles. The molecule has 0 fully saturated rings. The number of nitrogens with zero attached hydrogens (tertiary/aromatic N) is 2. The first-order chi connectivity index (χ1) is 19.5. The summed E-state index contributed by atoms with van der Waals surface area (Å²) in [5, 5.41) is 0. The minimum absolute atomic E-state index is 0. The largest absolute Gasteiger partial charge is 0.355 e. The van der Waals surface area contributed by atoms with E-state index in [1.807, 2.05) is 0 Å². The standard InChI is InChI=1S/C36H46N4.In/c1-9-23-25(11-3)33-29(15-7)35-27(13-5)28(14-6)36(40-35)30(16-8)34-26(12-4)24(10-2)32(39-34)20-22-18-17-21(37-22)19-31(23)38-33;/h17-20,37-38H,9-16H2,1-8H3;. The summed E-state index contributed by atoms with van der Waals surface area (Å²) in [6.07, 6.45) is 7.74. The monoisotopic (exact) mass is 649 g/mol. The van der Waals surface area contributed by atoms with Gasteiger partial charge in [-0.3, -0.25) is 0 Å². The van der Waals surface area contributed by atoms with Gasteiger partial charge in [0.05, 0.1) is 22.8 Å². The summed E-state index contributed by atoms with van der Waals surface area (Å²) in [5.74, 6) is 0. The van der Waals surface area contributed by atoms with Crippen LogP contribution < -0.4 is 0 Å². The van der Waals surface area contributed by atoms with Crippen LogP contribution in [0.3, 0.4) is 0 Å². The molecular weight excluding hydrogens is 603 g/mol. The average Bonchev–Trinajstić information content (AvgIpc) is 3.73. The number of hydrogen-bond acceptors (Lipinski definition) is 2. The summed E-state index contributed by atoms with van der Waals surface area (Å²) in [5.41, 5.74) is 20.3. The molecule has 0 aromatic carbocycles. The van der Waals surface area contributed by atoms with Crippen molar-refractivity contribution in [1.29, 1.82) is 0 Å². The van der Waals surface area contributed by atoms with Crippen LogP contribution in [0.2, 0.25) is 0 Å². The molecule has 3 aromatic rings. The molecule has 0 spiro atoms. The molecule has 4 nitrogen and oxygen atoms in total. The maximum absolute atomic E-state index is 5.57. The predicted molar refractivity (Wildman–Crippen MR) is 179 cm³/mol. The van der Waals surface area contributed by atoms with Crippen LogP contribution in [0, 0.1) is 0 Å². The van der Waals surface area contributed by atoms with Crippen molar-refractivity contribution in [2.45, 2.75) is 107 Å². The zero-order valence-electron chi connectivity index (χ0n) is 26.4. The van der Waals surface area contributed by atoms with Crippen molar-refractivity contribution < 1.29 is 0 Å². The van der Waals surface area contributed by atoms with Gasteiger partial charge in [-0.1, -0.05) is 55.4 Å². The predicted octanol–water partition coefficient (Wildman–Crippen LogP) is 9.65. The van der Waals surface area contributed by atoms with Crippen molar-refractivity contribution >= 4 is 70.2 Å². The van der Waals surface area contributed by atoms with Gasteiger partial charge < -0.3 is 9.97 Å². The molecule has 0 amide bonds. The molecule has 5 heterocycles. The summed E-state index contributed by atoms with van der Waals surface area (Å²) >= 11 is 0. The quantitative estimate of drug-likeness (QED) is 0.255. The van der Waals surface area contributed by atoms with E-state index >= 15 is 0 Å². The molecule has 0 aliphatic carbocycles. The van der Waals surface area contributed by atoms with Gasteiger partial charge >= 0.3 is 0 Å². The fraction of sp³-hybridized carbons (Fsp3) is 0.444. The second-order valence-electron chi connectivity index (χ2n) is 10.9. The van der Waals surface area contributed by atoms with Crippen LogP contribution in [0.25, 0.3) is 44.4 Å². The number of hydrogen-bond donors (Lipinski definition) is 2. The summed E-state index contributed by atoms with van der Waals surface area (Å²) in [6, 6.07) is 8.89. The van der Waals surface area contributed by atoms with Gasteiger partial charge in [0.25, 0.3) is 0 Å². The van der Waals surface area contributed by atoms with E-state index in [4.69, 9.17) is 9.97 Å². The van der Waals surface area contributed by atoms with Gasteiger partial charge in [0.1, 0.15) is 0 Å². The molecule has 8 bridgehead atoms. The molecule has 5 rings (SSSR count). The zero-order chi connectivity index (χ0) is 28.6. The summed E-state index contributed by atoms with van der Waals surface area (Å²) < 4.78 is 0. The van der Waals surface area contributed by atoms with Crippen LogP contribution in [0.15, 0.2) is 24.3 Å². The molecular formula is C36H46InN4. The topological polar surface area (TPSA) is 57.4 Å². The Bertz CT molecular complexity index is 1680. The van der Waals surface area contributed by atoms with E-state index < -0.39 is 0 Å². The third-order valence-electron chi connectivity index (χ3n) is 8.91. The van der Waals surface area contributed by atoms with Crippen molar-refractivity contribution in [2.24, 2.45) is 0 Å². The first kappa shape index (κ1) is 31.4. The Hall–Kier alpha value is -2.53. The molecule has 2 aliphatic rings. The van der Waals surface area contributed by atoms with Crippen molar-refractivity contribution in [3.8, 4) is 0 Å². The number of H-pyrrole nitrogens is 2. The first-order valence-electron chi connectivity index (χ1n) is 15.7. The Morgan fingerprint density at radius 3 is 1.51 bits per heavy atom. The summed E-state index contributed by atoms with van der Waals surface area (Å²) in [4.78, 5) is 18.5. The van der Waals surface area contributed by atoms with E-state index in [1.54, 1.807) is 0 Å². The number of aromatic amines is 2. The number of rotatable bonds is 8. The van der Waals surface area contributed by atoms with Gasteiger partial charge in [-0.25, -0.2) is 9.97 Å². The SMILES string of the molecule is CCC1=C(CC)c2nc1cc1ccc(cc3[nH]c(c(CC)c4nc(c2CC)C(CC)=C4CC)c(CC)c3CC)[nH]1.[In]. The van der Waals surface area contributed by atoms with E-state index in [9.17, 15) is 0 Å². The van der Waals surface area contributed by atoms with Crippen molar-refractivity contribution in [2.75, 3.05) is 0 Å². The summed E-state index contributed by atoms with van der Waals surface area (Å²) in [6.45, 7) is 18.2. The Morgan fingerprint density at radius 1 is 0.488 bits per heavy atom. The molecule has 0 unspecified atom stereocenters. The maximum atomic E-state index is 5.57. The van der Waals surface area contributed by atoms with Crippen LogP contribution in [-0.2, 0) is 25.7 Å². The van der Waals surface area contributed by atoms with Crippen molar-refractivity contribution in [1.82, 2.24) is 19.9 Å². The van der Waals surface area contributed by atoms with Crippen LogP contribution in [0.5, 0.6) is 0 Å². The van der Waals surface area contributed by atoms with E-state index in [1.165, 1.54) is 67.0 Å². The van der Waals surface area contributed by atoms with Crippen LogP contribution in [0.4, 0.5) is 0 Å². The number of nitrogens with one attached hydrogen (secondary N) is 2. The minimum Gasteiger partial charge on any atom is -0.355 e. The van der Waals surface area contributed by atoms with Gasteiger partial charge in [0, 0.05) is 59.0 Å². The number of aromatic nitrogens is 4. The second kappa shape index (κ2) is 13.2. The van der Waals surface area contributed by atoms with E-state index in [0.717, 1.165) is 73.8 Å². The molecule has 213 valence electrons. The van der Waals surface area contributed by atoms with Gasteiger partial charge in [-0.2, -0.15) is 0 Å². The Morgan fingerprint density at radius 2 is 0.976 bits per heavy atom. The maximum Gasteiger partial charge on any atom is 0.0726 e. The number of aryl methyl sites for hydroxylation is 3. The molecule has 0 atom stereocenters. The Balaban J connectivity index is 0.00000387. The third kappa shape index (κ3) is 5.28. The average molecular weight is 650 g/mol. The molecule has 2 aliphatic heterocycles. The minimum atomic E-state index is 0. The zero-order valence-corrected chi connectivity index (χ0v) is 29.7. The Labute approximate surface area is 265 Å². The first-order valence-corrected chi connectivity index (χ1v) is 15.7. The second-order valence-corrected chi connectivity index (χ2v) is 10.9. The molecule has 3 radical (unpaired) electrons. The van der Waals surface area contributed by atoms with E-state index in [2.05, 4.69) is 89.6 Å². The van der Waals surface area contributed by atoms with Crippen LogP contribution in [0.1, 0.15) is 126 Å². The van der Waals surface area contributed by atoms with Crippen LogP contribution >= 0.6 is 0 Å². The number of fused-ring (bicyclic) bond motifs is 8. The fourth-order valence-electron chi connectivity index (χ4n) is 7.07. The van der Waals surface area contributed by atoms with Crippen molar-refractivity contribution in [3.63, 3.8) is 0 Å². The Kier molecular flexibility index (Phi) is 10.1. The van der Waals surface area contributed by atoms with Gasteiger partial charge in [-0.15, -0.1) is 0 Å². The molecule has 41 heavy (non-hydrogen) atoms. The van der Waals surface area contributed by atoms with Crippen molar-refractivity contribution in [3.05, 3.63) is 69.3 Å².